The molecule has 0 heterocycles. The first-order valence-electron chi connectivity index (χ1n) is 5.31. The maximum atomic E-state index is 10.9. The van der Waals surface area contributed by atoms with Gasteiger partial charge in [0, 0.05) is 6.54 Å². The van der Waals surface area contributed by atoms with E-state index in [9.17, 15) is 14.9 Å². The number of para-hydroxylation sites is 1. The Morgan fingerprint density at radius 3 is 2.67 bits per heavy atom. The van der Waals surface area contributed by atoms with Crippen LogP contribution >= 0.6 is 0 Å². The van der Waals surface area contributed by atoms with E-state index in [0.717, 1.165) is 5.57 Å². The monoisotopic (exact) mass is 250 g/mol. The molecule has 0 aliphatic carbocycles. The Morgan fingerprint density at radius 2 is 2.17 bits per heavy atom. The lowest BCUT2D eigenvalue weighted by molar-refractivity contribution is -0.384. The number of nitro groups is 1. The topological polar surface area (TPSA) is 92.5 Å². The maximum absolute atomic E-state index is 10.9. The number of allylic oxidation sites excluding steroid dienone is 1. The molecular weight excluding hydrogens is 236 g/mol. The molecule has 0 aliphatic rings. The van der Waals surface area contributed by atoms with E-state index in [-0.39, 0.29) is 11.3 Å². The number of benzene rings is 1. The molecule has 0 aromatic heterocycles. The molecule has 1 aromatic carbocycles. The van der Waals surface area contributed by atoms with Gasteiger partial charge < -0.3 is 10.4 Å². The van der Waals surface area contributed by atoms with Gasteiger partial charge in [-0.15, -0.1) is 0 Å². The van der Waals surface area contributed by atoms with Crippen molar-refractivity contribution in [3.05, 3.63) is 45.5 Å². The Morgan fingerprint density at radius 1 is 1.50 bits per heavy atom. The number of carbonyl (C=O) groups is 1. The zero-order chi connectivity index (χ0) is 13.7. The Kier molecular flexibility index (Phi) is 4.42. The summed E-state index contributed by atoms with van der Waals surface area (Å²) < 4.78 is 0. The molecule has 0 unspecified atom stereocenters. The number of nitrogens with one attached hydrogen (secondary N) is 1. The van der Waals surface area contributed by atoms with Gasteiger partial charge in [-0.3, -0.25) is 10.1 Å². The quantitative estimate of drug-likeness (QED) is 0.476. The Balaban J connectivity index is 3.11. The zero-order valence-corrected chi connectivity index (χ0v) is 10.1. The van der Waals surface area contributed by atoms with E-state index in [2.05, 4.69) is 5.32 Å². The lowest BCUT2D eigenvalue weighted by Gasteiger charge is -2.06. The third-order valence-electron chi connectivity index (χ3n) is 2.25. The molecule has 0 amide bonds. The first kappa shape index (κ1) is 13.7. The number of anilines is 1. The molecule has 1 rings (SSSR count). The van der Waals surface area contributed by atoms with Crippen LogP contribution in [0.2, 0.25) is 0 Å². The molecule has 96 valence electrons. The second-order valence-corrected chi connectivity index (χ2v) is 3.93. The molecule has 0 saturated heterocycles. The van der Waals surface area contributed by atoms with Gasteiger partial charge in [0.05, 0.1) is 4.92 Å². The first-order valence-corrected chi connectivity index (χ1v) is 5.31. The fraction of sp³-hybridized carbons (Fsp3) is 0.250. The van der Waals surface area contributed by atoms with Crippen LogP contribution in [0.4, 0.5) is 11.4 Å². The third-order valence-corrected chi connectivity index (χ3v) is 2.25. The average molecular weight is 250 g/mol. The molecule has 18 heavy (non-hydrogen) atoms. The first-order chi connectivity index (χ1) is 8.43. The summed E-state index contributed by atoms with van der Waals surface area (Å²) in [5.41, 5.74) is 0.547. The minimum absolute atomic E-state index is 0.206. The summed E-state index contributed by atoms with van der Waals surface area (Å²) in [6.07, 6.45) is 1.86. The molecule has 0 atom stereocenters. The number of carboxylic acid groups (broad SMARTS) is 1. The van der Waals surface area contributed by atoms with Gasteiger partial charge in [0.15, 0.2) is 0 Å². The molecule has 6 nitrogen and oxygen atoms in total. The highest BCUT2D eigenvalue weighted by Crippen LogP contribution is 2.28. The van der Waals surface area contributed by atoms with Crippen molar-refractivity contribution in [2.45, 2.75) is 13.8 Å². The van der Waals surface area contributed by atoms with Crippen LogP contribution in [0.3, 0.4) is 0 Å². The molecule has 0 saturated carbocycles. The van der Waals surface area contributed by atoms with Crippen LogP contribution in [0.1, 0.15) is 24.2 Å². The predicted molar refractivity (Wildman–Crippen MR) is 68.0 cm³/mol. The molecule has 0 aliphatic heterocycles. The average Bonchev–Trinajstić information content (AvgIpc) is 2.27. The number of nitrogens with zero attached hydrogens (tertiary/aromatic N) is 1. The number of carboxylic acids is 1. The van der Waals surface area contributed by atoms with Crippen LogP contribution in [0, 0.1) is 10.1 Å². The highest BCUT2D eigenvalue weighted by Gasteiger charge is 2.23. The fourth-order valence-corrected chi connectivity index (χ4v) is 1.42. The van der Waals surface area contributed by atoms with Crippen molar-refractivity contribution in [3.8, 4) is 0 Å². The van der Waals surface area contributed by atoms with Crippen molar-refractivity contribution in [2.24, 2.45) is 0 Å². The molecule has 0 radical (unpaired) electrons. The molecule has 0 fully saturated rings. The van der Waals surface area contributed by atoms with E-state index in [0.29, 0.717) is 6.54 Å². The molecule has 0 spiro atoms. The third kappa shape index (κ3) is 3.31. The van der Waals surface area contributed by atoms with E-state index in [4.69, 9.17) is 5.11 Å². The fourth-order valence-electron chi connectivity index (χ4n) is 1.42. The maximum Gasteiger partial charge on any atom is 0.342 e. The molecular formula is C12H14N2O4. The number of nitro benzene ring substituents is 1. The number of hydrogen-bond acceptors (Lipinski definition) is 4. The van der Waals surface area contributed by atoms with Crippen LogP contribution in [0.5, 0.6) is 0 Å². The van der Waals surface area contributed by atoms with Crippen molar-refractivity contribution in [1.29, 1.82) is 0 Å². The summed E-state index contributed by atoms with van der Waals surface area (Å²) in [5, 5.41) is 22.7. The second kappa shape index (κ2) is 5.81. The predicted octanol–water partition coefficient (Wildman–Crippen LogP) is 2.67. The molecule has 6 heteroatoms. The van der Waals surface area contributed by atoms with Gasteiger partial charge in [0.25, 0.3) is 0 Å². The van der Waals surface area contributed by atoms with E-state index in [1.54, 1.807) is 0 Å². The molecule has 1 aromatic rings. The van der Waals surface area contributed by atoms with Crippen LogP contribution in [-0.4, -0.2) is 22.5 Å². The van der Waals surface area contributed by atoms with Gasteiger partial charge in [-0.25, -0.2) is 4.79 Å². The van der Waals surface area contributed by atoms with Gasteiger partial charge >= 0.3 is 11.7 Å². The van der Waals surface area contributed by atoms with Crippen molar-refractivity contribution in [1.82, 2.24) is 0 Å². The lowest BCUT2D eigenvalue weighted by atomic mass is 10.1. The Bertz CT molecular complexity index is 505. The summed E-state index contributed by atoms with van der Waals surface area (Å²) >= 11 is 0. The van der Waals surface area contributed by atoms with Crippen LogP contribution in [-0.2, 0) is 0 Å². The second-order valence-electron chi connectivity index (χ2n) is 3.93. The van der Waals surface area contributed by atoms with Crippen molar-refractivity contribution in [3.63, 3.8) is 0 Å². The SMILES string of the molecule is CC(C)=CCNc1cccc(C(=O)O)c1[N+](=O)[O-]. The van der Waals surface area contributed by atoms with Gasteiger partial charge in [0.2, 0.25) is 0 Å². The van der Waals surface area contributed by atoms with Crippen LogP contribution in [0.15, 0.2) is 29.8 Å². The minimum atomic E-state index is -1.31. The Labute approximate surface area is 104 Å². The van der Waals surface area contributed by atoms with Crippen LogP contribution < -0.4 is 5.32 Å². The number of hydrogen-bond donors (Lipinski definition) is 2. The lowest BCUT2D eigenvalue weighted by Crippen LogP contribution is -2.08. The van der Waals surface area contributed by atoms with Gasteiger partial charge in [-0.1, -0.05) is 17.7 Å². The summed E-state index contributed by atoms with van der Waals surface area (Å²) in [6, 6.07) is 4.18. The standard InChI is InChI=1S/C12H14N2O4/c1-8(2)6-7-13-10-5-3-4-9(12(15)16)11(10)14(17)18/h3-6,13H,7H2,1-2H3,(H,15,16). The smallest absolute Gasteiger partial charge is 0.342 e. The van der Waals surface area contributed by atoms with Gasteiger partial charge in [0.1, 0.15) is 11.3 Å². The molecule has 0 bridgehead atoms. The van der Waals surface area contributed by atoms with Gasteiger partial charge in [-0.2, -0.15) is 0 Å². The van der Waals surface area contributed by atoms with Gasteiger partial charge in [-0.05, 0) is 26.0 Å². The summed E-state index contributed by atoms with van der Waals surface area (Å²) in [5.74, 6) is -1.31. The molecule has 2 N–H and O–H groups in total. The number of aromatic carboxylic acids is 1. The highest BCUT2D eigenvalue weighted by atomic mass is 16.6. The minimum Gasteiger partial charge on any atom is -0.477 e. The van der Waals surface area contributed by atoms with E-state index in [1.165, 1.54) is 18.2 Å². The van der Waals surface area contributed by atoms with E-state index in [1.807, 2.05) is 19.9 Å². The summed E-state index contributed by atoms with van der Waals surface area (Å²) in [7, 11) is 0. The van der Waals surface area contributed by atoms with Crippen molar-refractivity contribution in [2.75, 3.05) is 11.9 Å². The van der Waals surface area contributed by atoms with E-state index >= 15 is 0 Å². The summed E-state index contributed by atoms with van der Waals surface area (Å²) in [6.45, 7) is 4.22. The van der Waals surface area contributed by atoms with Crippen LogP contribution in [0.25, 0.3) is 0 Å². The normalized spacial score (nSPS) is 9.67. The summed E-state index contributed by atoms with van der Waals surface area (Å²) in [4.78, 5) is 21.2. The van der Waals surface area contributed by atoms with Crippen molar-refractivity contribution >= 4 is 17.3 Å². The highest BCUT2D eigenvalue weighted by molar-refractivity contribution is 5.95. The largest absolute Gasteiger partial charge is 0.477 e. The number of rotatable bonds is 5. The van der Waals surface area contributed by atoms with E-state index < -0.39 is 16.6 Å². The van der Waals surface area contributed by atoms with Crippen molar-refractivity contribution < 1.29 is 14.8 Å². The Hall–Kier alpha value is -2.37. The zero-order valence-electron chi connectivity index (χ0n) is 10.1.